The Morgan fingerprint density at radius 3 is 1.88 bits per heavy atom. The zero-order valence-corrected chi connectivity index (χ0v) is 8.88. The lowest BCUT2D eigenvalue weighted by atomic mass is 10.2. The fourth-order valence-electron chi connectivity index (χ4n) is 1.17. The van der Waals surface area contributed by atoms with Gasteiger partial charge in [0.2, 0.25) is 10.0 Å². The molecule has 0 saturated carbocycles. The van der Waals surface area contributed by atoms with Crippen molar-refractivity contribution in [3.05, 3.63) is 32.4 Å². The molecule has 0 saturated heterocycles. The quantitative estimate of drug-likeness (QED) is 0.428. The van der Waals surface area contributed by atoms with E-state index in [0.717, 1.165) is 12.1 Å². The predicted molar refractivity (Wildman–Crippen MR) is 55.5 cm³/mol. The lowest BCUT2D eigenvalue weighted by Crippen LogP contribution is -2.15. The zero-order chi connectivity index (χ0) is 13.4. The summed E-state index contributed by atoms with van der Waals surface area (Å²) in [5.41, 5.74) is 2.34. The van der Waals surface area contributed by atoms with Gasteiger partial charge in [0.1, 0.15) is 5.69 Å². The molecule has 0 heterocycles. The summed E-state index contributed by atoms with van der Waals surface area (Å²) in [6.45, 7) is 0. The van der Waals surface area contributed by atoms with E-state index in [-0.39, 0.29) is 0 Å². The summed E-state index contributed by atoms with van der Waals surface area (Å²) < 4.78 is 22.1. The molecule has 0 aliphatic heterocycles. The van der Waals surface area contributed by atoms with Gasteiger partial charge in [0.05, 0.1) is 9.85 Å². The van der Waals surface area contributed by atoms with Crippen LogP contribution in [0, 0.1) is 20.2 Å². The van der Waals surface area contributed by atoms with Gasteiger partial charge in [0, 0.05) is 0 Å². The first kappa shape index (κ1) is 12.8. The van der Waals surface area contributed by atoms with E-state index in [2.05, 4.69) is 0 Å². The number of anilines is 1. The maximum atomic E-state index is 11.1. The van der Waals surface area contributed by atoms with Crippen LogP contribution in [0.5, 0.6) is 0 Å². The van der Waals surface area contributed by atoms with Gasteiger partial charge in [0.25, 0.3) is 0 Å². The molecule has 0 aliphatic rings. The van der Waals surface area contributed by atoms with Crippen LogP contribution in [0.3, 0.4) is 0 Å². The number of nitro groups is 2. The zero-order valence-electron chi connectivity index (χ0n) is 8.06. The molecule has 1 aromatic carbocycles. The van der Waals surface area contributed by atoms with Crippen molar-refractivity contribution in [3.8, 4) is 0 Å². The van der Waals surface area contributed by atoms with E-state index in [1.54, 1.807) is 0 Å². The molecular weight excluding hydrogens is 256 g/mol. The van der Waals surface area contributed by atoms with Crippen molar-refractivity contribution in [1.29, 1.82) is 0 Å². The summed E-state index contributed by atoms with van der Waals surface area (Å²) in [4.78, 5) is 18.0. The van der Waals surface area contributed by atoms with Gasteiger partial charge < -0.3 is 5.73 Å². The smallest absolute Gasteiger partial charge is 0.370 e. The van der Waals surface area contributed by atoms with Gasteiger partial charge in [-0.15, -0.1) is 0 Å². The van der Waals surface area contributed by atoms with Crippen LogP contribution in [0.4, 0.5) is 17.1 Å². The lowest BCUT2D eigenvalue weighted by Gasteiger charge is -2.02. The monoisotopic (exact) mass is 262 g/mol. The minimum absolute atomic E-state index is 0.519. The molecular formula is C6H6N4O6S. The Bertz CT molecular complexity index is 609. The Balaban J connectivity index is 3.85. The van der Waals surface area contributed by atoms with Crippen LogP contribution in [0.2, 0.25) is 0 Å². The molecule has 0 radical (unpaired) electrons. The van der Waals surface area contributed by atoms with Gasteiger partial charge >= 0.3 is 11.4 Å². The van der Waals surface area contributed by atoms with Crippen molar-refractivity contribution in [2.24, 2.45) is 5.14 Å². The number of nitro benzene ring substituents is 2. The van der Waals surface area contributed by atoms with E-state index in [1.807, 2.05) is 0 Å². The highest BCUT2D eigenvalue weighted by Crippen LogP contribution is 2.37. The molecule has 4 N–H and O–H groups in total. The summed E-state index contributed by atoms with van der Waals surface area (Å²) in [5.74, 6) is 0. The maximum Gasteiger partial charge on any atom is 0.370 e. The highest BCUT2D eigenvalue weighted by atomic mass is 32.2. The molecule has 0 aromatic heterocycles. The van der Waals surface area contributed by atoms with Gasteiger partial charge in [0.15, 0.2) is 4.90 Å². The van der Waals surface area contributed by atoms with E-state index in [4.69, 9.17) is 10.9 Å². The number of nitrogens with two attached hydrogens (primary N) is 2. The predicted octanol–water partition coefficient (Wildman–Crippen LogP) is -0.267. The van der Waals surface area contributed by atoms with Crippen molar-refractivity contribution in [2.45, 2.75) is 4.90 Å². The summed E-state index contributed by atoms with van der Waals surface area (Å²) in [7, 11) is -4.45. The highest BCUT2D eigenvalue weighted by Gasteiger charge is 2.35. The molecule has 0 amide bonds. The third kappa shape index (κ3) is 2.29. The van der Waals surface area contributed by atoms with Crippen LogP contribution in [0.1, 0.15) is 0 Å². The Hall–Kier alpha value is -2.27. The van der Waals surface area contributed by atoms with Gasteiger partial charge in [-0.3, -0.25) is 20.2 Å². The van der Waals surface area contributed by atoms with E-state index in [9.17, 15) is 28.6 Å². The van der Waals surface area contributed by atoms with Crippen LogP contribution in [-0.4, -0.2) is 18.3 Å². The summed E-state index contributed by atoms with van der Waals surface area (Å²) in [5, 5.41) is 26.0. The van der Waals surface area contributed by atoms with Gasteiger partial charge in [-0.2, -0.15) is 0 Å². The summed E-state index contributed by atoms with van der Waals surface area (Å²) >= 11 is 0. The molecule has 17 heavy (non-hydrogen) atoms. The fourth-order valence-corrected chi connectivity index (χ4v) is 1.87. The lowest BCUT2D eigenvalue weighted by molar-refractivity contribution is -0.423. The normalized spacial score (nSPS) is 11.1. The number of hydrogen-bond acceptors (Lipinski definition) is 7. The first-order chi connectivity index (χ1) is 7.66. The molecule has 0 aliphatic carbocycles. The minimum atomic E-state index is -4.45. The Morgan fingerprint density at radius 2 is 1.53 bits per heavy atom. The van der Waals surface area contributed by atoms with Crippen molar-refractivity contribution in [1.82, 2.24) is 0 Å². The molecule has 1 rings (SSSR count). The second-order valence-electron chi connectivity index (χ2n) is 2.91. The van der Waals surface area contributed by atoms with Crippen molar-refractivity contribution in [3.63, 3.8) is 0 Å². The second kappa shape index (κ2) is 3.95. The first-order valence-corrected chi connectivity index (χ1v) is 5.45. The van der Waals surface area contributed by atoms with Crippen molar-refractivity contribution >= 4 is 27.1 Å². The average molecular weight is 262 g/mol. The fraction of sp³-hybridized carbons (Fsp3) is 0. The van der Waals surface area contributed by atoms with Gasteiger partial charge in [-0.1, -0.05) is 0 Å². The molecule has 10 nitrogen and oxygen atoms in total. The average Bonchev–Trinajstić information content (AvgIpc) is 2.14. The topological polar surface area (TPSA) is 172 Å². The number of benzene rings is 1. The number of rotatable bonds is 3. The number of primary sulfonamides is 1. The SMILES string of the molecule is Nc1ccc(S(N)(=O)=O)c([N+](=O)[O-])c1[N+](=O)[O-]. The van der Waals surface area contributed by atoms with E-state index < -0.39 is 41.8 Å². The van der Waals surface area contributed by atoms with Crippen LogP contribution < -0.4 is 10.9 Å². The molecule has 11 heteroatoms. The van der Waals surface area contributed by atoms with Gasteiger partial charge in [-0.05, 0) is 12.1 Å². The number of nitrogens with zero attached hydrogens (tertiary/aromatic N) is 2. The molecule has 0 unspecified atom stereocenters. The first-order valence-electron chi connectivity index (χ1n) is 3.90. The molecule has 0 fully saturated rings. The Morgan fingerprint density at radius 1 is 1.06 bits per heavy atom. The molecule has 0 atom stereocenters. The van der Waals surface area contributed by atoms with E-state index >= 15 is 0 Å². The standard InChI is InChI=1S/C6H6N4O6S/c7-3-1-2-4(17(8,15)16)6(10(13)14)5(3)9(11)12/h1-2H,7H2,(H2,8,15,16). The maximum absolute atomic E-state index is 11.1. The van der Waals surface area contributed by atoms with Gasteiger partial charge in [-0.25, -0.2) is 13.6 Å². The molecule has 0 bridgehead atoms. The summed E-state index contributed by atoms with van der Waals surface area (Å²) in [6.07, 6.45) is 0. The minimum Gasteiger partial charge on any atom is -0.393 e. The highest BCUT2D eigenvalue weighted by molar-refractivity contribution is 7.89. The molecule has 92 valence electrons. The Kier molecular flexibility index (Phi) is 2.97. The van der Waals surface area contributed by atoms with Crippen molar-refractivity contribution in [2.75, 3.05) is 5.73 Å². The molecule has 1 aromatic rings. The Labute approximate surface area is 94.2 Å². The van der Waals surface area contributed by atoms with Crippen LogP contribution in [0.15, 0.2) is 17.0 Å². The second-order valence-corrected chi connectivity index (χ2v) is 4.44. The van der Waals surface area contributed by atoms with Crippen LogP contribution >= 0.6 is 0 Å². The van der Waals surface area contributed by atoms with Crippen LogP contribution in [0.25, 0.3) is 0 Å². The van der Waals surface area contributed by atoms with E-state index in [0.29, 0.717) is 0 Å². The van der Waals surface area contributed by atoms with Crippen LogP contribution in [-0.2, 0) is 10.0 Å². The van der Waals surface area contributed by atoms with E-state index in [1.165, 1.54) is 0 Å². The summed E-state index contributed by atoms with van der Waals surface area (Å²) in [6, 6.07) is 1.61. The van der Waals surface area contributed by atoms with Crippen molar-refractivity contribution < 1.29 is 18.3 Å². The third-order valence-corrected chi connectivity index (χ3v) is 2.76. The number of hydrogen-bond donors (Lipinski definition) is 2. The molecule has 0 spiro atoms. The number of nitrogen functional groups attached to an aromatic ring is 1. The largest absolute Gasteiger partial charge is 0.393 e. The number of sulfonamides is 1. The third-order valence-electron chi connectivity index (χ3n) is 1.82.